The number of carbonyl (C=O) groups excluding carboxylic acids is 2. The van der Waals surface area contributed by atoms with Crippen LogP contribution in [0.4, 0.5) is 4.79 Å². The molecular formula is C22H28N2O4. The summed E-state index contributed by atoms with van der Waals surface area (Å²) < 4.78 is 10.9. The number of fused-ring (bicyclic) bond motifs is 3. The van der Waals surface area contributed by atoms with Gasteiger partial charge in [0.2, 0.25) is 0 Å². The standard InChI is InChI=1S/C22H28N2O4/c1-22(2,3)28-21(26)24-12-16-11-23-20(25)18-10-15(14-6-8-27-9-7-14)4-5-17(18)19(16)13-24/h4-6,10,16,19H,7-9,11-13H2,1-3H3,(H,23,25)/t16-,19-/m1/s1. The highest BCUT2D eigenvalue weighted by atomic mass is 16.6. The third-order valence-electron chi connectivity index (χ3n) is 5.65. The number of benzene rings is 1. The fraction of sp³-hybridized carbons (Fsp3) is 0.545. The second kappa shape index (κ2) is 7.24. The molecule has 0 spiro atoms. The summed E-state index contributed by atoms with van der Waals surface area (Å²) in [6, 6.07) is 6.17. The van der Waals surface area contributed by atoms with Crippen molar-refractivity contribution in [2.24, 2.45) is 5.92 Å². The van der Waals surface area contributed by atoms with Crippen molar-refractivity contribution in [1.29, 1.82) is 0 Å². The van der Waals surface area contributed by atoms with Crippen LogP contribution in [0.2, 0.25) is 0 Å². The zero-order valence-electron chi connectivity index (χ0n) is 16.8. The Bertz CT molecular complexity index is 824. The van der Waals surface area contributed by atoms with E-state index in [1.54, 1.807) is 4.90 Å². The molecule has 1 saturated heterocycles. The van der Waals surface area contributed by atoms with Crippen LogP contribution in [0, 0.1) is 5.92 Å². The Labute approximate surface area is 165 Å². The molecule has 2 atom stereocenters. The number of rotatable bonds is 1. The van der Waals surface area contributed by atoms with E-state index in [-0.39, 0.29) is 23.8 Å². The van der Waals surface area contributed by atoms with Crippen molar-refractivity contribution in [3.63, 3.8) is 0 Å². The van der Waals surface area contributed by atoms with E-state index in [2.05, 4.69) is 23.5 Å². The first-order chi connectivity index (χ1) is 13.3. The van der Waals surface area contributed by atoms with Crippen molar-refractivity contribution < 1.29 is 19.1 Å². The Morgan fingerprint density at radius 2 is 2.11 bits per heavy atom. The van der Waals surface area contributed by atoms with Crippen molar-refractivity contribution in [2.45, 2.75) is 38.7 Å². The minimum atomic E-state index is -0.514. The Morgan fingerprint density at radius 3 is 2.82 bits per heavy atom. The Kier molecular flexibility index (Phi) is 4.91. The van der Waals surface area contributed by atoms with Crippen LogP contribution in [0.1, 0.15) is 54.6 Å². The lowest BCUT2D eigenvalue weighted by Crippen LogP contribution is -2.36. The van der Waals surface area contributed by atoms with Gasteiger partial charge in [-0.3, -0.25) is 4.79 Å². The lowest BCUT2D eigenvalue weighted by Gasteiger charge is -2.24. The molecule has 150 valence electrons. The van der Waals surface area contributed by atoms with Gasteiger partial charge in [0.15, 0.2) is 0 Å². The highest BCUT2D eigenvalue weighted by Crippen LogP contribution is 2.38. The van der Waals surface area contributed by atoms with Gasteiger partial charge in [-0.05, 0) is 50.0 Å². The smallest absolute Gasteiger partial charge is 0.410 e. The maximum absolute atomic E-state index is 12.7. The maximum Gasteiger partial charge on any atom is 0.410 e. The largest absolute Gasteiger partial charge is 0.444 e. The van der Waals surface area contributed by atoms with Crippen molar-refractivity contribution in [3.8, 4) is 0 Å². The number of nitrogens with zero attached hydrogens (tertiary/aromatic N) is 1. The van der Waals surface area contributed by atoms with Crippen molar-refractivity contribution in [2.75, 3.05) is 32.8 Å². The van der Waals surface area contributed by atoms with Crippen molar-refractivity contribution in [3.05, 3.63) is 41.0 Å². The molecule has 1 N–H and O–H groups in total. The monoisotopic (exact) mass is 384 g/mol. The molecular weight excluding hydrogens is 356 g/mol. The molecule has 1 fully saturated rings. The van der Waals surface area contributed by atoms with Crippen molar-refractivity contribution >= 4 is 17.6 Å². The lowest BCUT2D eigenvalue weighted by atomic mass is 9.85. The fourth-order valence-corrected chi connectivity index (χ4v) is 4.29. The third kappa shape index (κ3) is 3.78. The van der Waals surface area contributed by atoms with Gasteiger partial charge < -0.3 is 19.7 Å². The van der Waals surface area contributed by atoms with E-state index in [9.17, 15) is 9.59 Å². The summed E-state index contributed by atoms with van der Waals surface area (Å²) in [5.41, 5.74) is 3.55. The number of amides is 2. The normalized spacial score (nSPS) is 24.6. The summed E-state index contributed by atoms with van der Waals surface area (Å²) in [4.78, 5) is 27.0. The molecule has 6 heteroatoms. The van der Waals surface area contributed by atoms with Gasteiger partial charge in [0.25, 0.3) is 5.91 Å². The number of likely N-dealkylation sites (tertiary alicyclic amines) is 1. The van der Waals surface area contributed by atoms with Gasteiger partial charge in [0.1, 0.15) is 5.60 Å². The molecule has 6 nitrogen and oxygen atoms in total. The Hall–Kier alpha value is -2.34. The molecule has 1 aromatic carbocycles. The fourth-order valence-electron chi connectivity index (χ4n) is 4.29. The van der Waals surface area contributed by atoms with Gasteiger partial charge >= 0.3 is 6.09 Å². The molecule has 3 aliphatic rings. The molecule has 0 unspecified atom stereocenters. The molecule has 0 radical (unpaired) electrons. The second-order valence-corrected chi connectivity index (χ2v) is 8.82. The molecule has 28 heavy (non-hydrogen) atoms. The predicted molar refractivity (Wildman–Crippen MR) is 106 cm³/mol. The van der Waals surface area contributed by atoms with Gasteiger partial charge in [0.05, 0.1) is 13.2 Å². The van der Waals surface area contributed by atoms with Crippen LogP contribution in [0.15, 0.2) is 24.3 Å². The van der Waals surface area contributed by atoms with Crippen molar-refractivity contribution in [1.82, 2.24) is 10.2 Å². The summed E-state index contributed by atoms with van der Waals surface area (Å²) >= 11 is 0. The van der Waals surface area contributed by atoms with Gasteiger partial charge in [-0.25, -0.2) is 4.79 Å². The van der Waals surface area contributed by atoms with E-state index in [1.807, 2.05) is 26.8 Å². The predicted octanol–water partition coefficient (Wildman–Crippen LogP) is 3.18. The van der Waals surface area contributed by atoms with E-state index in [0.29, 0.717) is 32.8 Å². The van der Waals surface area contributed by atoms with E-state index in [1.165, 1.54) is 5.57 Å². The number of ether oxygens (including phenoxy) is 2. The van der Waals surface area contributed by atoms with Crippen LogP contribution in [0.5, 0.6) is 0 Å². The van der Waals surface area contributed by atoms with E-state index in [4.69, 9.17) is 9.47 Å². The van der Waals surface area contributed by atoms with Gasteiger partial charge in [-0.15, -0.1) is 0 Å². The van der Waals surface area contributed by atoms with Crippen LogP contribution in [-0.4, -0.2) is 55.3 Å². The highest BCUT2D eigenvalue weighted by Gasteiger charge is 2.41. The number of nitrogens with one attached hydrogen (secondary N) is 1. The molecule has 1 aromatic rings. The van der Waals surface area contributed by atoms with Gasteiger partial charge in [-0.2, -0.15) is 0 Å². The van der Waals surface area contributed by atoms with Crippen LogP contribution in [0.25, 0.3) is 5.57 Å². The first kappa shape index (κ1) is 19.0. The first-order valence-electron chi connectivity index (χ1n) is 9.99. The first-order valence-corrected chi connectivity index (χ1v) is 9.99. The zero-order valence-corrected chi connectivity index (χ0v) is 16.8. The maximum atomic E-state index is 12.7. The van der Waals surface area contributed by atoms with E-state index >= 15 is 0 Å². The molecule has 0 aromatic heterocycles. The quantitative estimate of drug-likeness (QED) is 0.807. The average molecular weight is 384 g/mol. The van der Waals surface area contributed by atoms with Gasteiger partial charge in [0, 0.05) is 37.0 Å². The Balaban J connectivity index is 1.61. The van der Waals surface area contributed by atoms with Crippen LogP contribution >= 0.6 is 0 Å². The number of carbonyl (C=O) groups is 2. The molecule has 0 saturated carbocycles. The van der Waals surface area contributed by atoms with Crippen LogP contribution in [-0.2, 0) is 9.47 Å². The number of hydrogen-bond donors (Lipinski definition) is 1. The summed E-state index contributed by atoms with van der Waals surface area (Å²) in [5, 5.41) is 3.05. The number of hydrogen-bond acceptors (Lipinski definition) is 4. The molecule has 0 bridgehead atoms. The topological polar surface area (TPSA) is 67.9 Å². The molecule has 4 rings (SSSR count). The van der Waals surface area contributed by atoms with E-state index < -0.39 is 5.60 Å². The minimum absolute atomic E-state index is 0.0253. The van der Waals surface area contributed by atoms with Gasteiger partial charge in [-0.1, -0.05) is 18.2 Å². The SMILES string of the molecule is CC(C)(C)OC(=O)N1C[C@H]2CNC(=O)c3cc(C4=CCOCC4)ccc3[C@@H]2C1. The molecule has 3 heterocycles. The summed E-state index contributed by atoms with van der Waals surface area (Å²) in [7, 11) is 0. The highest BCUT2D eigenvalue weighted by molar-refractivity contribution is 5.97. The van der Waals surface area contributed by atoms with Crippen LogP contribution in [0.3, 0.4) is 0 Å². The zero-order chi connectivity index (χ0) is 19.9. The summed E-state index contributed by atoms with van der Waals surface area (Å²) in [6.07, 6.45) is 2.67. The van der Waals surface area contributed by atoms with E-state index in [0.717, 1.165) is 23.1 Å². The Morgan fingerprint density at radius 1 is 1.29 bits per heavy atom. The third-order valence-corrected chi connectivity index (χ3v) is 5.65. The summed E-state index contributed by atoms with van der Waals surface area (Å²) in [5.74, 6) is 0.313. The lowest BCUT2D eigenvalue weighted by molar-refractivity contribution is 0.0287. The summed E-state index contributed by atoms with van der Waals surface area (Å²) in [6.45, 7) is 8.71. The molecule has 3 aliphatic heterocycles. The molecule has 2 amide bonds. The second-order valence-electron chi connectivity index (χ2n) is 8.82. The molecule has 0 aliphatic carbocycles. The average Bonchev–Trinajstić information content (AvgIpc) is 3.04. The van der Waals surface area contributed by atoms with Crippen LogP contribution < -0.4 is 5.32 Å². The minimum Gasteiger partial charge on any atom is -0.444 e.